The van der Waals surface area contributed by atoms with E-state index in [-0.39, 0.29) is 11.3 Å². The number of benzene rings is 1. The van der Waals surface area contributed by atoms with Gasteiger partial charge in [-0.15, -0.1) is 0 Å². The van der Waals surface area contributed by atoms with E-state index >= 15 is 0 Å². The Bertz CT molecular complexity index is 559. The third-order valence-corrected chi connectivity index (χ3v) is 4.32. The van der Waals surface area contributed by atoms with Gasteiger partial charge in [0.1, 0.15) is 0 Å². The predicted octanol–water partition coefficient (Wildman–Crippen LogP) is 2.54. The fourth-order valence-corrected chi connectivity index (χ4v) is 2.72. The van der Waals surface area contributed by atoms with E-state index in [4.69, 9.17) is 15.2 Å². The van der Waals surface area contributed by atoms with Crippen molar-refractivity contribution in [2.45, 2.75) is 27.2 Å². The third kappa shape index (κ3) is 4.16. The minimum absolute atomic E-state index is 0.0240. The number of likely N-dealkylation sites (tertiary alicyclic amines) is 1. The molecule has 0 radical (unpaired) electrons. The molecule has 2 rings (SSSR count). The lowest BCUT2D eigenvalue weighted by Crippen LogP contribution is -2.34. The van der Waals surface area contributed by atoms with Crippen LogP contribution in [0.5, 0.6) is 11.5 Å². The summed E-state index contributed by atoms with van der Waals surface area (Å²) in [7, 11) is 1.59. The molecule has 1 amide bonds. The van der Waals surface area contributed by atoms with E-state index in [0.717, 1.165) is 13.0 Å². The Labute approximate surface area is 138 Å². The Kier molecular flexibility index (Phi) is 5.52. The molecule has 5 nitrogen and oxygen atoms in total. The van der Waals surface area contributed by atoms with Crippen molar-refractivity contribution in [3.05, 3.63) is 23.8 Å². The number of ether oxygens (including phenoxy) is 2. The fraction of sp³-hybridized carbons (Fsp3) is 0.611. The topological polar surface area (TPSA) is 64.8 Å². The van der Waals surface area contributed by atoms with Crippen molar-refractivity contribution in [3.8, 4) is 11.5 Å². The quantitative estimate of drug-likeness (QED) is 0.875. The van der Waals surface area contributed by atoms with Crippen molar-refractivity contribution in [1.29, 1.82) is 0 Å². The van der Waals surface area contributed by atoms with Crippen LogP contribution in [0.2, 0.25) is 0 Å². The highest BCUT2D eigenvalue weighted by Gasteiger charge is 2.35. The van der Waals surface area contributed by atoms with Crippen LogP contribution in [0.1, 0.15) is 37.6 Å². The van der Waals surface area contributed by atoms with Gasteiger partial charge in [-0.1, -0.05) is 20.8 Å². The summed E-state index contributed by atoms with van der Waals surface area (Å²) in [6.07, 6.45) is 0.946. The Morgan fingerprint density at radius 1 is 1.39 bits per heavy atom. The van der Waals surface area contributed by atoms with Crippen LogP contribution < -0.4 is 15.2 Å². The first-order valence-corrected chi connectivity index (χ1v) is 8.19. The molecule has 1 heterocycles. The maximum absolute atomic E-state index is 12.7. The van der Waals surface area contributed by atoms with Crippen molar-refractivity contribution in [1.82, 2.24) is 4.90 Å². The lowest BCUT2D eigenvalue weighted by molar-refractivity contribution is 0.0776. The van der Waals surface area contributed by atoms with Crippen molar-refractivity contribution in [2.24, 2.45) is 17.1 Å². The smallest absolute Gasteiger partial charge is 0.254 e. The van der Waals surface area contributed by atoms with Crippen LogP contribution in [0, 0.1) is 11.3 Å². The van der Waals surface area contributed by atoms with Crippen molar-refractivity contribution in [3.63, 3.8) is 0 Å². The monoisotopic (exact) mass is 320 g/mol. The van der Waals surface area contributed by atoms with Gasteiger partial charge in [-0.25, -0.2) is 0 Å². The van der Waals surface area contributed by atoms with Crippen molar-refractivity contribution < 1.29 is 14.3 Å². The van der Waals surface area contributed by atoms with Gasteiger partial charge >= 0.3 is 0 Å². The molecule has 1 fully saturated rings. The van der Waals surface area contributed by atoms with Gasteiger partial charge in [0.2, 0.25) is 0 Å². The van der Waals surface area contributed by atoms with E-state index < -0.39 is 0 Å². The molecule has 1 aliphatic heterocycles. The molecule has 5 heteroatoms. The average Bonchev–Trinajstić information content (AvgIpc) is 2.95. The lowest BCUT2D eigenvalue weighted by Gasteiger charge is -2.23. The summed E-state index contributed by atoms with van der Waals surface area (Å²) in [6, 6.07) is 5.38. The molecule has 0 aromatic heterocycles. The Morgan fingerprint density at radius 2 is 2.13 bits per heavy atom. The summed E-state index contributed by atoms with van der Waals surface area (Å²) in [5, 5.41) is 0. The molecule has 0 aliphatic carbocycles. The molecule has 2 N–H and O–H groups in total. The summed E-state index contributed by atoms with van der Waals surface area (Å²) in [5.74, 6) is 1.72. The van der Waals surface area contributed by atoms with E-state index in [1.165, 1.54) is 0 Å². The van der Waals surface area contributed by atoms with E-state index in [9.17, 15) is 4.79 Å². The van der Waals surface area contributed by atoms with Crippen LogP contribution in [-0.2, 0) is 0 Å². The molecule has 128 valence electrons. The van der Waals surface area contributed by atoms with Crippen LogP contribution in [0.4, 0.5) is 0 Å². The maximum atomic E-state index is 12.7. The van der Waals surface area contributed by atoms with Crippen molar-refractivity contribution >= 4 is 5.91 Å². The van der Waals surface area contributed by atoms with E-state index in [1.807, 2.05) is 11.0 Å². The molecule has 1 unspecified atom stereocenters. The van der Waals surface area contributed by atoms with E-state index in [0.29, 0.717) is 42.7 Å². The van der Waals surface area contributed by atoms with Crippen LogP contribution in [0.3, 0.4) is 0 Å². The highest BCUT2D eigenvalue weighted by Crippen LogP contribution is 2.32. The van der Waals surface area contributed by atoms with Crippen LogP contribution in [0.25, 0.3) is 0 Å². The highest BCUT2D eigenvalue weighted by molar-refractivity contribution is 5.95. The van der Waals surface area contributed by atoms with Crippen molar-refractivity contribution in [2.75, 3.05) is 33.4 Å². The maximum Gasteiger partial charge on any atom is 0.254 e. The lowest BCUT2D eigenvalue weighted by atomic mass is 9.90. The zero-order chi connectivity index (χ0) is 17.0. The van der Waals surface area contributed by atoms with Gasteiger partial charge in [-0.2, -0.15) is 0 Å². The summed E-state index contributed by atoms with van der Waals surface area (Å²) >= 11 is 0. The number of carbonyl (C=O) groups is 1. The molecule has 0 bridgehead atoms. The van der Waals surface area contributed by atoms with Crippen LogP contribution in [-0.4, -0.2) is 44.2 Å². The molecule has 1 aromatic carbocycles. The number of carbonyl (C=O) groups excluding carboxylic acids is 1. The number of amides is 1. The summed E-state index contributed by atoms with van der Waals surface area (Å²) in [5.41, 5.74) is 6.47. The van der Waals surface area contributed by atoms with E-state index in [1.54, 1.807) is 19.2 Å². The summed E-state index contributed by atoms with van der Waals surface area (Å²) in [6.45, 7) is 8.98. The van der Waals surface area contributed by atoms with Gasteiger partial charge in [0.25, 0.3) is 5.91 Å². The number of hydrogen-bond donors (Lipinski definition) is 1. The SMILES string of the molecule is COc1cc(C(=O)N2CCC(C)(CN)C2)ccc1OCC(C)C. The highest BCUT2D eigenvalue weighted by atomic mass is 16.5. The largest absolute Gasteiger partial charge is 0.493 e. The average molecular weight is 320 g/mol. The fourth-order valence-electron chi connectivity index (χ4n) is 2.72. The molecule has 1 aliphatic rings. The number of hydrogen-bond acceptors (Lipinski definition) is 4. The van der Waals surface area contributed by atoms with Gasteiger partial charge < -0.3 is 20.1 Å². The van der Waals surface area contributed by atoms with Gasteiger partial charge in [-0.3, -0.25) is 4.79 Å². The van der Waals surface area contributed by atoms with E-state index in [2.05, 4.69) is 20.8 Å². The Balaban J connectivity index is 2.12. The first kappa shape index (κ1) is 17.6. The second-order valence-electron chi connectivity index (χ2n) is 7.06. The van der Waals surface area contributed by atoms with Crippen LogP contribution in [0.15, 0.2) is 18.2 Å². The minimum Gasteiger partial charge on any atom is -0.493 e. The number of methoxy groups -OCH3 is 1. The molecule has 23 heavy (non-hydrogen) atoms. The second kappa shape index (κ2) is 7.21. The molecule has 1 atom stereocenters. The predicted molar refractivity (Wildman–Crippen MR) is 91.0 cm³/mol. The normalized spacial score (nSPS) is 20.9. The molecule has 1 aromatic rings. The Hall–Kier alpha value is -1.75. The van der Waals surface area contributed by atoms with Gasteiger partial charge in [0.15, 0.2) is 11.5 Å². The van der Waals surface area contributed by atoms with Crippen LogP contribution >= 0.6 is 0 Å². The zero-order valence-electron chi connectivity index (χ0n) is 14.6. The summed E-state index contributed by atoms with van der Waals surface area (Å²) < 4.78 is 11.1. The first-order valence-electron chi connectivity index (χ1n) is 8.19. The minimum atomic E-state index is 0.0240. The third-order valence-electron chi connectivity index (χ3n) is 4.32. The number of rotatable bonds is 6. The standard InChI is InChI=1S/C18H28N2O3/c1-13(2)10-23-15-6-5-14(9-16(15)22-4)17(21)20-8-7-18(3,11-19)12-20/h5-6,9,13H,7-8,10-12,19H2,1-4H3. The molecule has 0 spiro atoms. The Morgan fingerprint density at radius 3 is 2.70 bits per heavy atom. The van der Waals surface area contributed by atoms with Gasteiger partial charge in [-0.05, 0) is 42.5 Å². The zero-order valence-corrected chi connectivity index (χ0v) is 14.6. The van der Waals surface area contributed by atoms with Gasteiger partial charge in [0.05, 0.1) is 13.7 Å². The van der Waals surface area contributed by atoms with Gasteiger partial charge in [0, 0.05) is 18.7 Å². The molecular formula is C18H28N2O3. The summed E-state index contributed by atoms with van der Waals surface area (Å²) in [4.78, 5) is 14.6. The molecular weight excluding hydrogens is 292 g/mol. The molecule has 0 saturated carbocycles. The number of nitrogens with two attached hydrogens (primary N) is 1. The first-order chi connectivity index (χ1) is 10.9. The molecule has 1 saturated heterocycles. The number of nitrogens with zero attached hydrogens (tertiary/aromatic N) is 1. The second-order valence-corrected chi connectivity index (χ2v) is 7.06.